The summed E-state index contributed by atoms with van der Waals surface area (Å²) >= 11 is 0. The fourth-order valence-corrected chi connectivity index (χ4v) is 2.72. The number of benzene rings is 1. The molecule has 1 aromatic carbocycles. The van der Waals surface area contributed by atoms with Crippen LogP contribution in [0.1, 0.15) is 35.7 Å². The van der Waals surface area contributed by atoms with E-state index >= 15 is 0 Å². The number of aromatic hydroxyl groups is 1. The highest BCUT2D eigenvalue weighted by atomic mass is 16.5. The molecule has 8 nitrogen and oxygen atoms in total. The molecule has 0 radical (unpaired) electrons. The molecule has 0 saturated carbocycles. The molecule has 0 amide bonds. The van der Waals surface area contributed by atoms with Gasteiger partial charge in [0, 0.05) is 24.7 Å². The number of carbonyl (C=O) groups is 2. The number of aliphatic hydroxyl groups is 3. The lowest BCUT2D eigenvalue weighted by Gasteiger charge is -2.17. The Morgan fingerprint density at radius 3 is 2.57 bits per heavy atom. The van der Waals surface area contributed by atoms with Gasteiger partial charge in [0.25, 0.3) is 0 Å². The average molecular weight is 391 g/mol. The molecular formula is C20H25NO7. The van der Waals surface area contributed by atoms with E-state index in [1.807, 2.05) is 0 Å². The number of cyclic esters (lactones) is 1. The van der Waals surface area contributed by atoms with Crippen molar-refractivity contribution in [3.05, 3.63) is 41.5 Å². The SMILES string of the molecule is C[C@H]1C/C=C\C(=O)[C@@H](O)[C@@H](O)C/C=C/c2cc(NCCO)cc(O)c2C(=O)O1. The number of hydrogen-bond donors (Lipinski definition) is 5. The van der Waals surface area contributed by atoms with Gasteiger partial charge in [-0.05, 0) is 31.1 Å². The summed E-state index contributed by atoms with van der Waals surface area (Å²) in [6.07, 6.45) is 2.32. The number of hydrogen-bond acceptors (Lipinski definition) is 8. The van der Waals surface area contributed by atoms with E-state index in [0.29, 0.717) is 11.3 Å². The zero-order chi connectivity index (χ0) is 20.7. The summed E-state index contributed by atoms with van der Waals surface area (Å²) in [6, 6.07) is 2.95. The summed E-state index contributed by atoms with van der Waals surface area (Å²) in [4.78, 5) is 24.4. The Morgan fingerprint density at radius 1 is 1.14 bits per heavy atom. The van der Waals surface area contributed by atoms with Crippen molar-refractivity contribution in [3.63, 3.8) is 0 Å². The van der Waals surface area contributed by atoms with E-state index in [2.05, 4.69) is 5.32 Å². The number of phenolic OH excluding ortho intramolecular Hbond substituents is 1. The van der Waals surface area contributed by atoms with Crippen LogP contribution in [-0.4, -0.2) is 63.6 Å². The second-order valence-corrected chi connectivity index (χ2v) is 6.52. The van der Waals surface area contributed by atoms with Crippen LogP contribution in [0, 0.1) is 0 Å². The van der Waals surface area contributed by atoms with Crippen molar-refractivity contribution in [1.29, 1.82) is 0 Å². The van der Waals surface area contributed by atoms with E-state index in [4.69, 9.17) is 9.84 Å². The standard InChI is InChI=1S/C20H25NO7/c1-12-4-2-6-15(23)19(26)16(24)7-3-5-13-10-14(21-8-9-22)11-17(25)18(13)20(27)28-12/h2-3,5-6,10-12,16,19,21-22,24-26H,4,7-9H2,1H3/b5-3+,6-2-/t12-,16-,19+/m0/s1. The topological polar surface area (TPSA) is 136 Å². The quantitative estimate of drug-likeness (QED) is 0.481. The van der Waals surface area contributed by atoms with E-state index in [-0.39, 0.29) is 37.3 Å². The first-order chi connectivity index (χ1) is 13.3. The number of aliphatic hydroxyl groups excluding tert-OH is 3. The Balaban J connectivity index is 2.43. The molecule has 0 aliphatic carbocycles. The van der Waals surface area contributed by atoms with Crippen LogP contribution in [0.5, 0.6) is 5.75 Å². The normalized spacial score (nSPS) is 25.9. The van der Waals surface area contributed by atoms with Gasteiger partial charge in [-0.2, -0.15) is 0 Å². The Morgan fingerprint density at radius 2 is 1.86 bits per heavy atom. The van der Waals surface area contributed by atoms with Gasteiger partial charge in [-0.15, -0.1) is 0 Å². The maximum absolute atomic E-state index is 12.6. The third-order valence-corrected chi connectivity index (χ3v) is 4.18. The van der Waals surface area contributed by atoms with Crippen molar-refractivity contribution in [2.45, 2.75) is 38.1 Å². The van der Waals surface area contributed by atoms with Gasteiger partial charge in [-0.25, -0.2) is 4.79 Å². The van der Waals surface area contributed by atoms with E-state index in [9.17, 15) is 24.9 Å². The predicted octanol–water partition coefficient (Wildman–Crippen LogP) is 0.996. The van der Waals surface area contributed by atoms with E-state index in [0.717, 1.165) is 6.08 Å². The monoisotopic (exact) mass is 391 g/mol. The molecule has 0 bridgehead atoms. The number of fused-ring (bicyclic) bond motifs is 1. The number of ether oxygens (including phenoxy) is 1. The van der Waals surface area contributed by atoms with E-state index in [1.165, 1.54) is 24.3 Å². The smallest absolute Gasteiger partial charge is 0.342 e. The Hall–Kier alpha value is -2.68. The van der Waals surface area contributed by atoms with Crippen molar-refractivity contribution in [3.8, 4) is 5.75 Å². The van der Waals surface area contributed by atoms with Gasteiger partial charge in [0.1, 0.15) is 23.5 Å². The van der Waals surface area contributed by atoms with Crippen LogP contribution in [0.25, 0.3) is 6.08 Å². The largest absolute Gasteiger partial charge is 0.507 e. The molecule has 1 aliphatic rings. The molecule has 152 valence electrons. The highest BCUT2D eigenvalue weighted by molar-refractivity contribution is 5.97. The number of anilines is 1. The van der Waals surface area contributed by atoms with Crippen LogP contribution in [0.3, 0.4) is 0 Å². The molecule has 0 saturated heterocycles. The summed E-state index contributed by atoms with van der Waals surface area (Å²) in [5, 5.41) is 42.1. The number of phenols is 1. The maximum Gasteiger partial charge on any atom is 0.342 e. The van der Waals surface area contributed by atoms with Gasteiger partial charge in [-0.3, -0.25) is 4.79 Å². The predicted molar refractivity (Wildman–Crippen MR) is 103 cm³/mol. The molecule has 0 spiro atoms. The molecule has 1 aromatic rings. The lowest BCUT2D eigenvalue weighted by Crippen LogP contribution is -2.32. The highest BCUT2D eigenvalue weighted by Gasteiger charge is 2.23. The molecular weight excluding hydrogens is 366 g/mol. The van der Waals surface area contributed by atoms with Gasteiger partial charge in [-0.1, -0.05) is 18.2 Å². The molecule has 0 aromatic heterocycles. The number of carbonyl (C=O) groups excluding carboxylic acids is 2. The van der Waals surface area contributed by atoms with Gasteiger partial charge in [0.2, 0.25) is 0 Å². The molecule has 1 aliphatic heterocycles. The summed E-state index contributed by atoms with van der Waals surface area (Å²) in [7, 11) is 0. The molecule has 3 atom stereocenters. The van der Waals surface area contributed by atoms with E-state index in [1.54, 1.807) is 13.0 Å². The fourth-order valence-electron chi connectivity index (χ4n) is 2.72. The Labute approximate surface area is 162 Å². The van der Waals surface area contributed by atoms with Crippen molar-refractivity contribution >= 4 is 23.5 Å². The summed E-state index contributed by atoms with van der Waals surface area (Å²) in [5.41, 5.74) is 0.777. The average Bonchev–Trinajstić information content (AvgIpc) is 2.64. The second-order valence-electron chi connectivity index (χ2n) is 6.52. The Bertz CT molecular complexity index is 772. The number of nitrogens with one attached hydrogen (secondary N) is 1. The van der Waals surface area contributed by atoms with E-state index < -0.39 is 30.1 Å². The van der Waals surface area contributed by atoms with Gasteiger partial charge in [0.15, 0.2) is 5.78 Å². The third kappa shape index (κ3) is 5.66. The van der Waals surface area contributed by atoms with Gasteiger partial charge >= 0.3 is 5.97 Å². The summed E-state index contributed by atoms with van der Waals surface area (Å²) in [6.45, 7) is 1.77. The lowest BCUT2D eigenvalue weighted by molar-refractivity contribution is -0.127. The van der Waals surface area contributed by atoms with Crippen LogP contribution in [0.4, 0.5) is 5.69 Å². The minimum atomic E-state index is -1.56. The highest BCUT2D eigenvalue weighted by Crippen LogP contribution is 2.29. The third-order valence-electron chi connectivity index (χ3n) is 4.18. The van der Waals surface area contributed by atoms with Gasteiger partial charge in [0.05, 0.1) is 12.7 Å². The first-order valence-electron chi connectivity index (χ1n) is 8.99. The molecule has 28 heavy (non-hydrogen) atoms. The summed E-state index contributed by atoms with van der Waals surface area (Å²) in [5.74, 6) is -1.65. The zero-order valence-electron chi connectivity index (χ0n) is 15.5. The molecule has 1 heterocycles. The molecule has 0 fully saturated rings. The van der Waals surface area contributed by atoms with Crippen LogP contribution in [0.2, 0.25) is 0 Å². The van der Waals surface area contributed by atoms with Crippen molar-refractivity contribution in [2.24, 2.45) is 0 Å². The van der Waals surface area contributed by atoms with Crippen molar-refractivity contribution < 1.29 is 34.8 Å². The minimum absolute atomic E-state index is 0.0372. The van der Waals surface area contributed by atoms with Crippen LogP contribution in [0.15, 0.2) is 30.4 Å². The summed E-state index contributed by atoms with van der Waals surface area (Å²) < 4.78 is 5.34. The number of ketones is 1. The fraction of sp³-hybridized carbons (Fsp3) is 0.400. The van der Waals surface area contributed by atoms with Crippen LogP contribution in [-0.2, 0) is 9.53 Å². The van der Waals surface area contributed by atoms with Gasteiger partial charge < -0.3 is 30.5 Å². The number of esters is 1. The zero-order valence-corrected chi connectivity index (χ0v) is 15.5. The molecule has 5 N–H and O–H groups in total. The first kappa shape index (κ1) is 21.6. The molecule has 2 rings (SSSR count). The van der Waals surface area contributed by atoms with Crippen molar-refractivity contribution in [1.82, 2.24) is 0 Å². The Kier molecular flexibility index (Phi) is 7.74. The lowest BCUT2D eigenvalue weighted by atomic mass is 10.0. The van der Waals surface area contributed by atoms with Crippen LogP contribution >= 0.6 is 0 Å². The first-order valence-corrected chi connectivity index (χ1v) is 8.99. The second kappa shape index (κ2) is 10.0. The number of rotatable bonds is 3. The minimum Gasteiger partial charge on any atom is -0.507 e. The molecule has 0 unspecified atom stereocenters. The van der Waals surface area contributed by atoms with Crippen LogP contribution < -0.4 is 5.32 Å². The van der Waals surface area contributed by atoms with Crippen molar-refractivity contribution in [2.75, 3.05) is 18.5 Å². The molecule has 8 heteroatoms. The maximum atomic E-state index is 12.6.